The molecule has 1 rings (SSSR count). The zero-order valence-corrected chi connectivity index (χ0v) is 11.6. The monoisotopic (exact) mass is 269 g/mol. The first-order chi connectivity index (χ1) is 8.99. The summed E-state index contributed by atoms with van der Waals surface area (Å²) in [7, 11) is 2.64. The van der Waals surface area contributed by atoms with Gasteiger partial charge in [0.1, 0.15) is 11.8 Å². The number of furan rings is 1. The molecule has 0 aliphatic rings. The number of rotatable bonds is 6. The van der Waals surface area contributed by atoms with E-state index in [9.17, 15) is 9.59 Å². The molecule has 1 atom stereocenters. The molecule has 6 heteroatoms. The standard InChI is InChI=1S/C13H19NO5/c1-8(2)11(13(16)18-4)14-7-9-5-6-10(19-9)12(15)17-3/h5-6,8,11,14H,7H2,1-4H3. The van der Waals surface area contributed by atoms with Gasteiger partial charge in [-0.3, -0.25) is 10.1 Å². The van der Waals surface area contributed by atoms with E-state index in [1.165, 1.54) is 20.3 Å². The van der Waals surface area contributed by atoms with Crippen molar-refractivity contribution in [2.75, 3.05) is 14.2 Å². The van der Waals surface area contributed by atoms with Crippen LogP contribution in [-0.2, 0) is 20.8 Å². The van der Waals surface area contributed by atoms with Gasteiger partial charge in [-0.15, -0.1) is 0 Å². The van der Waals surface area contributed by atoms with Gasteiger partial charge in [0.05, 0.1) is 20.8 Å². The van der Waals surface area contributed by atoms with Gasteiger partial charge < -0.3 is 13.9 Å². The molecule has 1 aromatic rings. The van der Waals surface area contributed by atoms with E-state index in [-0.39, 0.29) is 17.6 Å². The molecule has 0 saturated heterocycles. The fraction of sp³-hybridized carbons (Fsp3) is 0.538. The fourth-order valence-electron chi connectivity index (χ4n) is 1.61. The Labute approximate surface area is 112 Å². The maximum Gasteiger partial charge on any atom is 0.373 e. The first kappa shape index (κ1) is 15.2. The van der Waals surface area contributed by atoms with Crippen LogP contribution in [-0.4, -0.2) is 32.2 Å². The number of hydrogen-bond acceptors (Lipinski definition) is 6. The number of carbonyl (C=O) groups excluding carboxylic acids is 2. The van der Waals surface area contributed by atoms with Crippen LogP contribution >= 0.6 is 0 Å². The minimum atomic E-state index is -0.528. The van der Waals surface area contributed by atoms with Gasteiger partial charge in [0.2, 0.25) is 5.76 Å². The highest BCUT2D eigenvalue weighted by Crippen LogP contribution is 2.10. The highest BCUT2D eigenvalue weighted by atomic mass is 16.5. The predicted molar refractivity (Wildman–Crippen MR) is 67.5 cm³/mol. The first-order valence-corrected chi connectivity index (χ1v) is 5.97. The lowest BCUT2D eigenvalue weighted by Gasteiger charge is -2.19. The molecule has 0 aliphatic heterocycles. The van der Waals surface area contributed by atoms with Crippen LogP contribution in [0.15, 0.2) is 16.5 Å². The van der Waals surface area contributed by atoms with E-state index in [0.29, 0.717) is 12.3 Å². The van der Waals surface area contributed by atoms with Crippen molar-refractivity contribution in [3.8, 4) is 0 Å². The third-order valence-electron chi connectivity index (χ3n) is 2.67. The van der Waals surface area contributed by atoms with Crippen LogP contribution in [0.25, 0.3) is 0 Å². The Morgan fingerprint density at radius 1 is 1.26 bits per heavy atom. The first-order valence-electron chi connectivity index (χ1n) is 5.97. The third-order valence-corrected chi connectivity index (χ3v) is 2.67. The molecule has 1 heterocycles. The van der Waals surface area contributed by atoms with Crippen molar-refractivity contribution in [1.29, 1.82) is 0 Å². The Balaban J connectivity index is 2.62. The summed E-state index contributed by atoms with van der Waals surface area (Å²) < 4.78 is 14.5. The van der Waals surface area contributed by atoms with Crippen molar-refractivity contribution < 1.29 is 23.5 Å². The predicted octanol–water partition coefficient (Wildman–Crippen LogP) is 1.35. The summed E-state index contributed by atoms with van der Waals surface area (Å²) >= 11 is 0. The molecule has 0 saturated carbocycles. The van der Waals surface area contributed by atoms with Crippen LogP contribution in [0.4, 0.5) is 0 Å². The average Bonchev–Trinajstić information content (AvgIpc) is 2.86. The molecule has 0 radical (unpaired) electrons. The zero-order valence-electron chi connectivity index (χ0n) is 11.6. The maximum absolute atomic E-state index is 11.5. The number of esters is 2. The number of nitrogens with one attached hydrogen (secondary N) is 1. The van der Waals surface area contributed by atoms with Crippen molar-refractivity contribution in [3.05, 3.63) is 23.7 Å². The van der Waals surface area contributed by atoms with Crippen LogP contribution in [0.3, 0.4) is 0 Å². The van der Waals surface area contributed by atoms with Crippen LogP contribution < -0.4 is 5.32 Å². The van der Waals surface area contributed by atoms with Gasteiger partial charge in [0, 0.05) is 0 Å². The molecule has 1 aromatic heterocycles. The van der Waals surface area contributed by atoms with E-state index < -0.39 is 12.0 Å². The third kappa shape index (κ3) is 4.10. The molecular weight excluding hydrogens is 250 g/mol. The Kier molecular flexibility index (Phi) is 5.57. The lowest BCUT2D eigenvalue weighted by atomic mass is 10.0. The van der Waals surface area contributed by atoms with Crippen LogP contribution in [0.1, 0.15) is 30.2 Å². The average molecular weight is 269 g/mol. The largest absolute Gasteiger partial charge is 0.468 e. The molecule has 0 fully saturated rings. The Morgan fingerprint density at radius 3 is 2.47 bits per heavy atom. The molecule has 0 aromatic carbocycles. The second kappa shape index (κ2) is 6.94. The SMILES string of the molecule is COC(=O)c1ccc(CNC(C(=O)OC)C(C)C)o1. The Bertz CT molecular complexity index is 438. The van der Waals surface area contributed by atoms with Crippen molar-refractivity contribution in [2.24, 2.45) is 5.92 Å². The van der Waals surface area contributed by atoms with Gasteiger partial charge in [-0.05, 0) is 18.1 Å². The molecule has 0 spiro atoms. The zero-order chi connectivity index (χ0) is 14.4. The fourth-order valence-corrected chi connectivity index (χ4v) is 1.61. The summed E-state index contributed by atoms with van der Waals surface area (Å²) in [5.74, 6) is -0.0784. The van der Waals surface area contributed by atoms with Gasteiger partial charge in [0.25, 0.3) is 0 Å². The van der Waals surface area contributed by atoms with Gasteiger partial charge >= 0.3 is 11.9 Å². The Hall–Kier alpha value is -1.82. The molecule has 0 aliphatic carbocycles. The molecule has 1 unspecified atom stereocenters. The molecule has 19 heavy (non-hydrogen) atoms. The second-order valence-electron chi connectivity index (χ2n) is 4.38. The van der Waals surface area contributed by atoms with Crippen molar-refractivity contribution in [3.63, 3.8) is 0 Å². The van der Waals surface area contributed by atoms with Crippen molar-refractivity contribution in [1.82, 2.24) is 5.32 Å². The molecule has 1 N–H and O–H groups in total. The summed E-state index contributed by atoms with van der Waals surface area (Å²) in [6.45, 7) is 4.15. The van der Waals surface area contributed by atoms with Crippen LogP contribution in [0.2, 0.25) is 0 Å². The maximum atomic E-state index is 11.5. The second-order valence-corrected chi connectivity index (χ2v) is 4.38. The number of methoxy groups -OCH3 is 2. The highest BCUT2D eigenvalue weighted by molar-refractivity contribution is 5.86. The van der Waals surface area contributed by atoms with Gasteiger partial charge in [-0.2, -0.15) is 0 Å². The summed E-state index contributed by atoms with van der Waals surface area (Å²) in [5, 5.41) is 3.04. The normalized spacial score (nSPS) is 12.3. The van der Waals surface area contributed by atoms with Gasteiger partial charge in [0.15, 0.2) is 0 Å². The Morgan fingerprint density at radius 2 is 1.95 bits per heavy atom. The number of ether oxygens (including phenoxy) is 2. The topological polar surface area (TPSA) is 77.8 Å². The van der Waals surface area contributed by atoms with Crippen LogP contribution in [0.5, 0.6) is 0 Å². The molecule has 0 amide bonds. The van der Waals surface area contributed by atoms with E-state index in [1.807, 2.05) is 13.8 Å². The molecule has 6 nitrogen and oxygen atoms in total. The van der Waals surface area contributed by atoms with E-state index in [2.05, 4.69) is 10.1 Å². The molecule has 0 bridgehead atoms. The summed E-state index contributed by atoms with van der Waals surface area (Å²) in [6.07, 6.45) is 0. The summed E-state index contributed by atoms with van der Waals surface area (Å²) in [6, 6.07) is 2.77. The van der Waals surface area contributed by atoms with Gasteiger partial charge in [-0.1, -0.05) is 13.8 Å². The number of carbonyl (C=O) groups is 2. The minimum Gasteiger partial charge on any atom is -0.468 e. The lowest BCUT2D eigenvalue weighted by Crippen LogP contribution is -2.41. The highest BCUT2D eigenvalue weighted by Gasteiger charge is 2.22. The minimum absolute atomic E-state index is 0.0856. The van der Waals surface area contributed by atoms with Crippen molar-refractivity contribution in [2.45, 2.75) is 26.4 Å². The molecule has 106 valence electrons. The van der Waals surface area contributed by atoms with E-state index in [0.717, 1.165) is 0 Å². The van der Waals surface area contributed by atoms with E-state index in [1.54, 1.807) is 6.07 Å². The quantitative estimate of drug-likeness (QED) is 0.785. The van der Waals surface area contributed by atoms with Gasteiger partial charge in [-0.25, -0.2) is 4.79 Å². The molecular formula is C13H19NO5. The smallest absolute Gasteiger partial charge is 0.373 e. The van der Waals surface area contributed by atoms with E-state index in [4.69, 9.17) is 9.15 Å². The lowest BCUT2D eigenvalue weighted by molar-refractivity contribution is -0.144. The van der Waals surface area contributed by atoms with Crippen LogP contribution in [0, 0.1) is 5.92 Å². The van der Waals surface area contributed by atoms with E-state index >= 15 is 0 Å². The number of hydrogen-bond donors (Lipinski definition) is 1. The van der Waals surface area contributed by atoms with Crippen molar-refractivity contribution >= 4 is 11.9 Å². The summed E-state index contributed by atoms with van der Waals surface area (Å²) in [4.78, 5) is 22.8. The summed E-state index contributed by atoms with van der Waals surface area (Å²) in [5.41, 5.74) is 0.